The van der Waals surface area contributed by atoms with E-state index >= 15 is 0 Å². The second kappa shape index (κ2) is 6.97. The Hall–Kier alpha value is -1.46. The van der Waals surface area contributed by atoms with E-state index in [4.69, 9.17) is 0 Å². The molecule has 114 valence electrons. The molecule has 0 saturated carbocycles. The molecule has 0 nitrogen and oxygen atoms in total. The number of hydrogen-bond donors (Lipinski definition) is 0. The van der Waals surface area contributed by atoms with Crippen LogP contribution in [0.5, 0.6) is 0 Å². The summed E-state index contributed by atoms with van der Waals surface area (Å²) in [5, 5.41) is 0. The zero-order valence-corrected chi connectivity index (χ0v) is 16.5. The first-order valence-electron chi connectivity index (χ1n) is 8.03. The summed E-state index contributed by atoms with van der Waals surface area (Å²) in [4.78, 5) is 0. The standard InChI is InChI=1S/C16H13.C6H9.Zr/c1-12-10-14-8-5-9-15(16(14)11-12)13-6-3-2-4-7-13;1-5(2)6(3)4;/h2-11H,1H3;1H,3H2,2,4H3;. The van der Waals surface area contributed by atoms with E-state index in [0.29, 0.717) is 3.63 Å². The van der Waals surface area contributed by atoms with Crippen molar-refractivity contribution in [2.45, 2.75) is 24.4 Å². The molecule has 0 radical (unpaired) electrons. The molecule has 0 N–H and O–H groups in total. The Bertz CT molecular complexity index is 794. The number of rotatable bonds is 4. The Kier molecular flexibility index (Phi) is 4.97. The van der Waals surface area contributed by atoms with E-state index in [9.17, 15) is 0 Å². The second-order valence-electron chi connectivity index (χ2n) is 6.27. The minimum atomic E-state index is -0.658. The molecule has 0 aromatic heterocycles. The molecule has 0 amide bonds. The number of allylic oxidation sites excluding steroid dienone is 3. The van der Waals surface area contributed by atoms with Crippen molar-refractivity contribution in [3.8, 4) is 11.1 Å². The first-order chi connectivity index (χ1) is 11.1. The van der Waals surface area contributed by atoms with Crippen LogP contribution >= 0.6 is 0 Å². The fraction of sp³-hybridized carbons (Fsp3) is 0.182. The van der Waals surface area contributed by atoms with Gasteiger partial charge in [0.15, 0.2) is 0 Å². The summed E-state index contributed by atoms with van der Waals surface area (Å²) in [6.07, 6.45) is 2.41. The van der Waals surface area contributed by atoms with E-state index in [-0.39, 0.29) is 0 Å². The number of benzene rings is 2. The van der Waals surface area contributed by atoms with E-state index in [0.717, 1.165) is 0 Å². The predicted octanol–water partition coefficient (Wildman–Crippen LogP) is 6.37. The third-order valence-electron chi connectivity index (χ3n) is 4.50. The van der Waals surface area contributed by atoms with E-state index in [1.807, 2.05) is 0 Å². The summed E-state index contributed by atoms with van der Waals surface area (Å²) in [6, 6.07) is 17.5. The summed E-state index contributed by atoms with van der Waals surface area (Å²) in [6.45, 7) is 10.7. The first-order valence-corrected chi connectivity index (χ1v) is 10.9. The molecular weight excluding hydrogens is 355 g/mol. The molecule has 0 fully saturated rings. The molecule has 0 saturated heterocycles. The van der Waals surface area contributed by atoms with Crippen LogP contribution in [-0.2, 0) is 23.2 Å². The molecular formula is C22H22Zr. The predicted molar refractivity (Wildman–Crippen MR) is 96.8 cm³/mol. The number of hydrogen-bond acceptors (Lipinski definition) is 0. The van der Waals surface area contributed by atoms with Crippen molar-refractivity contribution in [3.05, 3.63) is 86.7 Å². The van der Waals surface area contributed by atoms with Crippen LogP contribution in [0.1, 0.15) is 35.5 Å². The van der Waals surface area contributed by atoms with Gasteiger partial charge in [0.1, 0.15) is 0 Å². The van der Waals surface area contributed by atoms with Crippen molar-refractivity contribution >= 4 is 6.08 Å². The molecule has 0 bridgehead atoms. The van der Waals surface area contributed by atoms with Gasteiger partial charge in [0.05, 0.1) is 0 Å². The van der Waals surface area contributed by atoms with Crippen molar-refractivity contribution in [1.29, 1.82) is 0 Å². The van der Waals surface area contributed by atoms with Gasteiger partial charge in [-0.25, -0.2) is 0 Å². The van der Waals surface area contributed by atoms with Crippen LogP contribution < -0.4 is 0 Å². The number of fused-ring (bicyclic) bond motifs is 1. The molecule has 0 heterocycles. The van der Waals surface area contributed by atoms with Gasteiger partial charge in [0.2, 0.25) is 0 Å². The normalized spacial score (nSPS) is 16.7. The Morgan fingerprint density at radius 3 is 2.48 bits per heavy atom. The minimum absolute atomic E-state index is 0.658. The van der Waals surface area contributed by atoms with Crippen LogP contribution in [0.15, 0.2) is 75.6 Å². The Morgan fingerprint density at radius 2 is 1.78 bits per heavy atom. The molecule has 3 rings (SSSR count). The molecule has 2 aromatic rings. The monoisotopic (exact) mass is 376 g/mol. The topological polar surface area (TPSA) is 0 Å². The van der Waals surface area contributed by atoms with Gasteiger partial charge in [-0.2, -0.15) is 0 Å². The van der Waals surface area contributed by atoms with Gasteiger partial charge in [-0.15, -0.1) is 0 Å². The molecule has 1 heteroatoms. The molecule has 1 atom stereocenters. The summed E-state index contributed by atoms with van der Waals surface area (Å²) in [5.74, 6) is 0. The first kappa shape index (κ1) is 16.4. The van der Waals surface area contributed by atoms with Crippen LogP contribution in [0.25, 0.3) is 17.2 Å². The van der Waals surface area contributed by atoms with Gasteiger partial charge in [-0.3, -0.25) is 0 Å². The van der Waals surface area contributed by atoms with Crippen molar-refractivity contribution in [2.75, 3.05) is 0 Å². The van der Waals surface area contributed by atoms with Crippen LogP contribution in [0.2, 0.25) is 0 Å². The van der Waals surface area contributed by atoms with Gasteiger partial charge in [-0.1, -0.05) is 0 Å². The van der Waals surface area contributed by atoms with Gasteiger partial charge in [-0.05, 0) is 0 Å². The zero-order valence-electron chi connectivity index (χ0n) is 14.1. The van der Waals surface area contributed by atoms with Crippen molar-refractivity contribution in [3.63, 3.8) is 0 Å². The van der Waals surface area contributed by atoms with Gasteiger partial charge < -0.3 is 0 Å². The average Bonchev–Trinajstić information content (AvgIpc) is 2.88. The maximum absolute atomic E-state index is 4.06. The fourth-order valence-electron chi connectivity index (χ4n) is 2.97. The van der Waals surface area contributed by atoms with Gasteiger partial charge in [0.25, 0.3) is 0 Å². The quantitative estimate of drug-likeness (QED) is 0.543. The van der Waals surface area contributed by atoms with E-state index < -0.39 is 23.2 Å². The van der Waals surface area contributed by atoms with Crippen LogP contribution in [0.3, 0.4) is 0 Å². The van der Waals surface area contributed by atoms with Crippen LogP contribution in [0.4, 0.5) is 0 Å². The molecule has 23 heavy (non-hydrogen) atoms. The summed E-state index contributed by atoms with van der Waals surface area (Å²) in [7, 11) is 0. The Balaban J connectivity index is 1.99. The van der Waals surface area contributed by atoms with Crippen molar-refractivity contribution < 1.29 is 23.2 Å². The zero-order chi connectivity index (χ0) is 16.4. The summed E-state index contributed by atoms with van der Waals surface area (Å²) in [5.41, 5.74) is 9.74. The third kappa shape index (κ3) is 3.41. The van der Waals surface area contributed by atoms with Gasteiger partial charge in [0, 0.05) is 0 Å². The molecule has 1 unspecified atom stereocenters. The summed E-state index contributed by atoms with van der Waals surface area (Å²) < 4.78 is 3.16. The summed E-state index contributed by atoms with van der Waals surface area (Å²) >= 11 is -0.658. The molecule has 1 aliphatic rings. The molecule has 0 spiro atoms. The van der Waals surface area contributed by atoms with Crippen molar-refractivity contribution in [2.24, 2.45) is 0 Å². The second-order valence-corrected chi connectivity index (χ2v) is 9.22. The molecule has 1 aliphatic carbocycles. The fourth-order valence-corrected chi connectivity index (χ4v) is 6.52. The average molecular weight is 378 g/mol. The van der Waals surface area contributed by atoms with E-state index in [2.05, 4.69) is 85.7 Å². The molecule has 2 aromatic carbocycles. The van der Waals surface area contributed by atoms with E-state index in [1.54, 1.807) is 0 Å². The third-order valence-corrected chi connectivity index (χ3v) is 8.68. The Labute approximate surface area is 151 Å². The van der Waals surface area contributed by atoms with Gasteiger partial charge >= 0.3 is 152 Å². The van der Waals surface area contributed by atoms with Crippen molar-refractivity contribution in [1.82, 2.24) is 0 Å². The van der Waals surface area contributed by atoms with Crippen LogP contribution in [-0.4, -0.2) is 0 Å². The maximum atomic E-state index is 4.06. The Morgan fingerprint density at radius 1 is 1.04 bits per heavy atom. The molecule has 0 aliphatic heterocycles. The van der Waals surface area contributed by atoms with Crippen LogP contribution in [0, 0.1) is 0 Å². The van der Waals surface area contributed by atoms with E-state index in [1.165, 1.54) is 39.0 Å². The SMILES string of the molecule is C=C(C)C(C)=[CH][Zr][CH]1C(C)=Cc2c(-c3ccccc3)cccc21.